The predicted octanol–water partition coefficient (Wildman–Crippen LogP) is 3.11. The van der Waals surface area contributed by atoms with Gasteiger partial charge in [0.05, 0.1) is 5.52 Å². The van der Waals surface area contributed by atoms with Crippen LogP contribution in [0.5, 0.6) is 5.75 Å². The average Bonchev–Trinajstić information content (AvgIpc) is 2.33. The van der Waals surface area contributed by atoms with E-state index in [2.05, 4.69) is 15.9 Å². The SMILES string of the molecule is Oc1c(Br)n(Cl)c2ccccc12. The van der Waals surface area contributed by atoms with Crippen LogP contribution in [0.4, 0.5) is 0 Å². The van der Waals surface area contributed by atoms with E-state index in [-0.39, 0.29) is 5.75 Å². The molecule has 0 aliphatic rings. The molecule has 0 aliphatic carbocycles. The van der Waals surface area contributed by atoms with E-state index in [1.54, 1.807) is 0 Å². The highest BCUT2D eigenvalue weighted by atomic mass is 79.9. The molecule has 62 valence electrons. The van der Waals surface area contributed by atoms with Gasteiger partial charge in [-0.15, -0.1) is 0 Å². The zero-order chi connectivity index (χ0) is 8.72. The van der Waals surface area contributed by atoms with Crippen LogP contribution in [-0.4, -0.2) is 9.19 Å². The maximum atomic E-state index is 9.53. The molecule has 12 heavy (non-hydrogen) atoms. The molecule has 2 aromatic rings. The van der Waals surface area contributed by atoms with Crippen molar-refractivity contribution in [1.29, 1.82) is 0 Å². The van der Waals surface area contributed by atoms with Crippen LogP contribution in [0, 0.1) is 0 Å². The molecule has 0 bridgehead atoms. The molecular formula is C8H5BrClNO. The third-order valence-corrected chi connectivity index (χ3v) is 3.02. The number of benzene rings is 1. The summed E-state index contributed by atoms with van der Waals surface area (Å²) in [6.07, 6.45) is 0. The van der Waals surface area contributed by atoms with Gasteiger partial charge in [0.15, 0.2) is 5.75 Å². The van der Waals surface area contributed by atoms with Crippen molar-refractivity contribution in [2.75, 3.05) is 0 Å². The quantitative estimate of drug-likeness (QED) is 0.759. The summed E-state index contributed by atoms with van der Waals surface area (Å²) in [6, 6.07) is 7.37. The van der Waals surface area contributed by atoms with Gasteiger partial charge in [-0.2, -0.15) is 0 Å². The smallest absolute Gasteiger partial charge is 0.157 e. The number of fused-ring (bicyclic) bond motifs is 1. The van der Waals surface area contributed by atoms with Crippen molar-refractivity contribution >= 4 is 38.6 Å². The van der Waals surface area contributed by atoms with Gasteiger partial charge in [0.25, 0.3) is 0 Å². The molecule has 2 nitrogen and oxygen atoms in total. The Morgan fingerprint density at radius 1 is 1.33 bits per heavy atom. The normalized spacial score (nSPS) is 10.8. The minimum Gasteiger partial charge on any atom is -0.504 e. The first-order valence-corrected chi connectivity index (χ1v) is 4.49. The van der Waals surface area contributed by atoms with Gasteiger partial charge in [-0.1, -0.05) is 12.1 Å². The molecule has 1 heterocycles. The maximum Gasteiger partial charge on any atom is 0.157 e. The average molecular weight is 246 g/mol. The second kappa shape index (κ2) is 2.68. The summed E-state index contributed by atoms with van der Waals surface area (Å²) in [4.78, 5) is 0. The summed E-state index contributed by atoms with van der Waals surface area (Å²) in [5, 5.41) is 10.3. The molecule has 1 aromatic heterocycles. The van der Waals surface area contributed by atoms with E-state index in [0.29, 0.717) is 4.60 Å². The van der Waals surface area contributed by atoms with Crippen LogP contribution in [0.1, 0.15) is 0 Å². The van der Waals surface area contributed by atoms with Crippen LogP contribution in [0.2, 0.25) is 0 Å². The van der Waals surface area contributed by atoms with E-state index in [9.17, 15) is 5.11 Å². The lowest BCUT2D eigenvalue weighted by atomic mass is 10.2. The fourth-order valence-corrected chi connectivity index (χ4v) is 1.79. The molecular weight excluding hydrogens is 241 g/mol. The van der Waals surface area contributed by atoms with Gasteiger partial charge in [-0.05, 0) is 28.1 Å². The van der Waals surface area contributed by atoms with Crippen LogP contribution < -0.4 is 0 Å². The summed E-state index contributed by atoms with van der Waals surface area (Å²) in [7, 11) is 0. The van der Waals surface area contributed by atoms with Gasteiger partial charge in [0.2, 0.25) is 0 Å². The minimum absolute atomic E-state index is 0.181. The van der Waals surface area contributed by atoms with Crippen molar-refractivity contribution in [2.24, 2.45) is 0 Å². The lowest BCUT2D eigenvalue weighted by molar-refractivity contribution is 0.477. The van der Waals surface area contributed by atoms with Crippen molar-refractivity contribution in [3.63, 3.8) is 0 Å². The van der Waals surface area contributed by atoms with Crippen LogP contribution in [0.25, 0.3) is 10.9 Å². The van der Waals surface area contributed by atoms with Crippen LogP contribution in [0.3, 0.4) is 0 Å². The van der Waals surface area contributed by atoms with E-state index >= 15 is 0 Å². The Balaban J connectivity index is 2.99. The largest absolute Gasteiger partial charge is 0.504 e. The highest BCUT2D eigenvalue weighted by molar-refractivity contribution is 9.10. The molecule has 0 fully saturated rings. The number of halogens is 2. The van der Waals surface area contributed by atoms with Crippen LogP contribution >= 0.6 is 27.7 Å². The first kappa shape index (κ1) is 7.95. The molecule has 4 heteroatoms. The van der Waals surface area contributed by atoms with Gasteiger partial charge < -0.3 is 5.11 Å². The molecule has 0 aliphatic heterocycles. The number of hydrogen-bond donors (Lipinski definition) is 1. The molecule has 0 saturated heterocycles. The molecule has 2 rings (SSSR count). The third kappa shape index (κ3) is 0.934. The third-order valence-electron chi connectivity index (χ3n) is 1.74. The number of aromatic nitrogens is 1. The summed E-state index contributed by atoms with van der Waals surface area (Å²) in [5.74, 6) is 0.181. The number of para-hydroxylation sites is 1. The first-order chi connectivity index (χ1) is 5.72. The van der Waals surface area contributed by atoms with Gasteiger partial charge in [0.1, 0.15) is 4.60 Å². The maximum absolute atomic E-state index is 9.53. The summed E-state index contributed by atoms with van der Waals surface area (Å²) < 4.78 is 1.87. The molecule has 0 radical (unpaired) electrons. The van der Waals surface area contributed by atoms with Crippen molar-refractivity contribution in [3.8, 4) is 5.75 Å². The molecule has 1 aromatic carbocycles. The highest BCUT2D eigenvalue weighted by Gasteiger charge is 2.11. The molecule has 0 unspecified atom stereocenters. The van der Waals surface area contributed by atoms with E-state index in [1.165, 1.54) is 4.09 Å². The molecule has 0 atom stereocenters. The van der Waals surface area contributed by atoms with Gasteiger partial charge >= 0.3 is 0 Å². The zero-order valence-electron chi connectivity index (χ0n) is 5.96. The Morgan fingerprint density at radius 2 is 2.00 bits per heavy atom. The fraction of sp³-hybridized carbons (Fsp3) is 0. The second-order valence-corrected chi connectivity index (χ2v) is 3.53. The zero-order valence-corrected chi connectivity index (χ0v) is 8.30. The topological polar surface area (TPSA) is 25.2 Å². The molecule has 0 spiro atoms. The number of rotatable bonds is 0. The van der Waals surface area contributed by atoms with Crippen molar-refractivity contribution in [1.82, 2.24) is 4.09 Å². The number of aromatic hydroxyl groups is 1. The summed E-state index contributed by atoms with van der Waals surface area (Å²) in [5.41, 5.74) is 0.795. The Morgan fingerprint density at radius 3 is 2.67 bits per heavy atom. The van der Waals surface area contributed by atoms with E-state index in [0.717, 1.165) is 10.9 Å². The summed E-state index contributed by atoms with van der Waals surface area (Å²) >= 11 is 9.03. The van der Waals surface area contributed by atoms with Crippen molar-refractivity contribution in [3.05, 3.63) is 28.9 Å². The molecule has 1 N–H and O–H groups in total. The highest BCUT2D eigenvalue weighted by Crippen LogP contribution is 2.36. The van der Waals surface area contributed by atoms with E-state index in [1.807, 2.05) is 24.3 Å². The lowest BCUT2D eigenvalue weighted by Crippen LogP contribution is -1.76. The van der Waals surface area contributed by atoms with Crippen molar-refractivity contribution < 1.29 is 5.11 Å². The Kier molecular flexibility index (Phi) is 1.77. The molecule has 0 saturated carbocycles. The molecule has 0 amide bonds. The Labute approximate surface area is 82.6 Å². The summed E-state index contributed by atoms with van der Waals surface area (Å²) in [6.45, 7) is 0. The number of hydrogen-bond acceptors (Lipinski definition) is 1. The lowest BCUT2D eigenvalue weighted by Gasteiger charge is -1.90. The van der Waals surface area contributed by atoms with E-state index in [4.69, 9.17) is 11.8 Å². The van der Waals surface area contributed by atoms with Gasteiger partial charge in [0, 0.05) is 17.2 Å². The monoisotopic (exact) mass is 245 g/mol. The Bertz CT molecular complexity index is 399. The van der Waals surface area contributed by atoms with E-state index < -0.39 is 0 Å². The second-order valence-electron chi connectivity index (χ2n) is 2.44. The van der Waals surface area contributed by atoms with Crippen LogP contribution in [0.15, 0.2) is 28.9 Å². The fourth-order valence-electron chi connectivity index (χ4n) is 1.15. The Hall–Kier alpha value is -0.670. The standard InChI is InChI=1S/C8H5BrClNO/c9-8-7(12)5-3-1-2-4-6(5)11(8)10/h1-4,12H. The predicted molar refractivity (Wildman–Crippen MR) is 52.6 cm³/mol. The van der Waals surface area contributed by atoms with Gasteiger partial charge in [-0.3, -0.25) is 0 Å². The first-order valence-electron chi connectivity index (χ1n) is 3.36. The van der Waals surface area contributed by atoms with Crippen LogP contribution in [-0.2, 0) is 0 Å². The number of nitrogens with zero attached hydrogens (tertiary/aromatic N) is 1. The van der Waals surface area contributed by atoms with Crippen molar-refractivity contribution in [2.45, 2.75) is 0 Å². The van der Waals surface area contributed by atoms with Gasteiger partial charge in [-0.25, -0.2) is 4.09 Å². The minimum atomic E-state index is 0.181.